The second kappa shape index (κ2) is 6.27. The predicted molar refractivity (Wildman–Crippen MR) is 96.1 cm³/mol. The largest absolute Gasteiger partial charge is 0.417 e. The molecule has 0 aromatic heterocycles. The SMILES string of the molecule is O=C1CCCC2=C1C(c1ccc(C(F)(F)F)c(Br)c1)C1SCCC1=N2. The minimum atomic E-state index is -4.40. The maximum atomic E-state index is 13.1. The summed E-state index contributed by atoms with van der Waals surface area (Å²) in [4.78, 5) is 17.3. The van der Waals surface area contributed by atoms with Crippen molar-refractivity contribution >= 4 is 39.2 Å². The highest BCUT2D eigenvalue weighted by molar-refractivity contribution is 9.10. The molecule has 1 aliphatic carbocycles. The summed E-state index contributed by atoms with van der Waals surface area (Å²) in [7, 11) is 0. The minimum absolute atomic E-state index is 0.0231. The Morgan fingerprint density at radius 1 is 1.20 bits per heavy atom. The maximum absolute atomic E-state index is 13.1. The molecule has 4 rings (SSSR count). The third kappa shape index (κ3) is 2.99. The fraction of sp³-hybridized carbons (Fsp3) is 0.444. The van der Waals surface area contributed by atoms with E-state index in [9.17, 15) is 18.0 Å². The molecule has 2 heterocycles. The number of halogens is 4. The molecule has 1 aromatic carbocycles. The van der Waals surface area contributed by atoms with Gasteiger partial charge in [0.15, 0.2) is 5.78 Å². The maximum Gasteiger partial charge on any atom is 0.417 e. The number of aliphatic imine (C=N–C) groups is 1. The van der Waals surface area contributed by atoms with E-state index in [1.165, 1.54) is 12.1 Å². The van der Waals surface area contributed by atoms with Crippen LogP contribution in [0.15, 0.2) is 38.9 Å². The first kappa shape index (κ1) is 17.3. The summed E-state index contributed by atoms with van der Waals surface area (Å²) >= 11 is 4.82. The zero-order valence-corrected chi connectivity index (χ0v) is 15.6. The molecular weight excluding hydrogens is 415 g/mol. The Balaban J connectivity index is 1.82. The van der Waals surface area contributed by atoms with Crippen molar-refractivity contribution in [3.63, 3.8) is 0 Å². The van der Waals surface area contributed by atoms with Crippen LogP contribution in [-0.4, -0.2) is 22.5 Å². The van der Waals surface area contributed by atoms with Crippen molar-refractivity contribution in [2.24, 2.45) is 4.99 Å². The van der Waals surface area contributed by atoms with Gasteiger partial charge < -0.3 is 0 Å². The number of ketones is 1. The van der Waals surface area contributed by atoms with Crippen molar-refractivity contribution in [1.29, 1.82) is 0 Å². The molecule has 1 aromatic rings. The number of rotatable bonds is 1. The van der Waals surface area contributed by atoms with E-state index < -0.39 is 11.7 Å². The predicted octanol–water partition coefficient (Wildman–Crippen LogP) is 5.52. The number of carbonyl (C=O) groups excluding carboxylic acids is 1. The zero-order valence-electron chi connectivity index (χ0n) is 13.2. The Morgan fingerprint density at radius 2 is 2.00 bits per heavy atom. The van der Waals surface area contributed by atoms with Crippen molar-refractivity contribution in [2.45, 2.75) is 43.0 Å². The van der Waals surface area contributed by atoms with Gasteiger partial charge in [0.05, 0.1) is 10.8 Å². The van der Waals surface area contributed by atoms with Crippen molar-refractivity contribution < 1.29 is 18.0 Å². The number of thioether (sulfide) groups is 1. The molecule has 0 saturated carbocycles. The van der Waals surface area contributed by atoms with Crippen LogP contribution in [-0.2, 0) is 11.0 Å². The van der Waals surface area contributed by atoms with Gasteiger partial charge in [0.2, 0.25) is 0 Å². The summed E-state index contributed by atoms with van der Waals surface area (Å²) in [5.41, 5.74) is 2.73. The molecule has 0 radical (unpaired) electrons. The third-order valence-corrected chi connectivity index (χ3v) is 6.96. The third-order valence-electron chi connectivity index (χ3n) is 4.96. The molecule has 3 aliphatic rings. The average molecular weight is 430 g/mol. The van der Waals surface area contributed by atoms with E-state index in [0.29, 0.717) is 6.42 Å². The molecular formula is C18H15BrF3NOS. The number of hydrogen-bond acceptors (Lipinski definition) is 3. The monoisotopic (exact) mass is 429 g/mol. The van der Waals surface area contributed by atoms with Crippen LogP contribution in [0.2, 0.25) is 0 Å². The van der Waals surface area contributed by atoms with Gasteiger partial charge in [0, 0.05) is 33.8 Å². The van der Waals surface area contributed by atoms with Gasteiger partial charge in [-0.25, -0.2) is 0 Å². The molecule has 2 nitrogen and oxygen atoms in total. The Labute approximate surface area is 156 Å². The number of fused-ring (bicyclic) bond motifs is 1. The van der Waals surface area contributed by atoms with E-state index in [1.54, 1.807) is 11.8 Å². The molecule has 2 atom stereocenters. The average Bonchev–Trinajstić information content (AvgIpc) is 2.99. The highest BCUT2D eigenvalue weighted by Crippen LogP contribution is 2.48. The van der Waals surface area contributed by atoms with Gasteiger partial charge in [0.1, 0.15) is 0 Å². The van der Waals surface area contributed by atoms with Gasteiger partial charge in [-0.05, 0) is 42.7 Å². The van der Waals surface area contributed by atoms with E-state index in [4.69, 9.17) is 4.99 Å². The van der Waals surface area contributed by atoms with Crippen molar-refractivity contribution in [2.75, 3.05) is 5.75 Å². The smallest absolute Gasteiger partial charge is 0.294 e. The first-order chi connectivity index (χ1) is 11.9. The zero-order chi connectivity index (χ0) is 17.8. The van der Waals surface area contributed by atoms with E-state index in [1.807, 2.05) is 0 Å². The number of Topliss-reactive ketones (excluding diaryl/α,β-unsaturated/α-hetero) is 1. The van der Waals surface area contributed by atoms with Gasteiger partial charge in [-0.2, -0.15) is 24.9 Å². The van der Waals surface area contributed by atoms with Crippen LogP contribution in [0.1, 0.15) is 42.7 Å². The Hall–Kier alpha value is -1.08. The fourth-order valence-corrected chi connectivity index (χ4v) is 5.92. The van der Waals surface area contributed by atoms with Crippen molar-refractivity contribution in [3.05, 3.63) is 45.1 Å². The van der Waals surface area contributed by atoms with Crippen LogP contribution in [0.4, 0.5) is 13.2 Å². The number of allylic oxidation sites excluding steroid dienone is 2. The number of hydrogen-bond donors (Lipinski definition) is 0. The van der Waals surface area contributed by atoms with Gasteiger partial charge >= 0.3 is 6.18 Å². The van der Waals surface area contributed by atoms with Gasteiger partial charge in [-0.3, -0.25) is 9.79 Å². The summed E-state index contributed by atoms with van der Waals surface area (Å²) in [6, 6.07) is 4.16. The molecule has 0 spiro atoms. The number of alkyl halides is 3. The van der Waals surface area contributed by atoms with Crippen molar-refractivity contribution in [3.8, 4) is 0 Å². The molecule has 0 N–H and O–H groups in total. The molecule has 1 fully saturated rings. The summed E-state index contributed by atoms with van der Waals surface area (Å²) in [5, 5.41) is 0.0597. The van der Waals surface area contributed by atoms with Crippen LogP contribution in [0.25, 0.3) is 0 Å². The summed E-state index contributed by atoms with van der Waals surface area (Å²) in [6.45, 7) is 0. The second-order valence-corrected chi connectivity index (χ2v) is 8.60. The minimum Gasteiger partial charge on any atom is -0.294 e. The molecule has 1 saturated heterocycles. The van der Waals surface area contributed by atoms with E-state index in [-0.39, 0.29) is 21.4 Å². The Bertz CT molecular complexity index is 815. The molecule has 2 unspecified atom stereocenters. The van der Waals surface area contributed by atoms with Crippen LogP contribution >= 0.6 is 27.7 Å². The van der Waals surface area contributed by atoms with Crippen LogP contribution < -0.4 is 0 Å². The summed E-state index contributed by atoms with van der Waals surface area (Å²) in [6.07, 6.45) is -1.43. The highest BCUT2D eigenvalue weighted by atomic mass is 79.9. The van der Waals surface area contributed by atoms with Crippen LogP contribution in [0.3, 0.4) is 0 Å². The number of nitrogens with zero attached hydrogens (tertiary/aromatic N) is 1. The highest BCUT2D eigenvalue weighted by Gasteiger charge is 2.43. The van der Waals surface area contributed by atoms with Gasteiger partial charge in [-0.1, -0.05) is 22.0 Å². The first-order valence-corrected chi connectivity index (χ1v) is 10.0. The fourth-order valence-electron chi connectivity index (χ4n) is 3.87. The van der Waals surface area contributed by atoms with E-state index in [0.717, 1.165) is 53.6 Å². The number of benzene rings is 1. The van der Waals surface area contributed by atoms with E-state index >= 15 is 0 Å². The first-order valence-electron chi connectivity index (χ1n) is 8.18. The van der Waals surface area contributed by atoms with Crippen LogP contribution in [0.5, 0.6) is 0 Å². The lowest BCUT2D eigenvalue weighted by molar-refractivity contribution is -0.138. The number of carbonyl (C=O) groups is 1. The lowest BCUT2D eigenvalue weighted by atomic mass is 9.77. The van der Waals surface area contributed by atoms with Crippen LogP contribution in [0, 0.1) is 0 Å². The molecule has 0 amide bonds. The van der Waals surface area contributed by atoms with Gasteiger partial charge in [0.25, 0.3) is 0 Å². The summed E-state index contributed by atoms with van der Waals surface area (Å²) < 4.78 is 39.2. The topological polar surface area (TPSA) is 29.4 Å². The van der Waals surface area contributed by atoms with E-state index in [2.05, 4.69) is 15.9 Å². The van der Waals surface area contributed by atoms with Crippen molar-refractivity contribution in [1.82, 2.24) is 0 Å². The summed E-state index contributed by atoms with van der Waals surface area (Å²) in [5.74, 6) is 0.843. The molecule has 25 heavy (non-hydrogen) atoms. The standard InChI is InChI=1S/C18H15BrF3NOS/c19-11-8-9(4-5-10(11)18(20,21)22)15-16-12(2-1-3-14(16)24)23-13-6-7-25-17(13)15/h4-5,8,15,17H,1-3,6-7H2. The lowest BCUT2D eigenvalue weighted by Gasteiger charge is -2.33. The molecule has 2 aliphatic heterocycles. The van der Waals surface area contributed by atoms with Gasteiger partial charge in [-0.15, -0.1) is 0 Å². The second-order valence-electron chi connectivity index (χ2n) is 6.50. The quantitative estimate of drug-likeness (QED) is 0.588. The molecule has 132 valence electrons. The molecule has 0 bridgehead atoms. The lowest BCUT2D eigenvalue weighted by Crippen LogP contribution is -2.32. The normalized spacial score (nSPS) is 26.4. The molecule has 7 heteroatoms. The Morgan fingerprint density at radius 3 is 2.72 bits per heavy atom. The Kier molecular flexibility index (Phi) is 4.35.